The van der Waals surface area contributed by atoms with Crippen molar-refractivity contribution in [3.05, 3.63) is 0 Å². The summed E-state index contributed by atoms with van der Waals surface area (Å²) in [6.45, 7) is 11.8. The lowest BCUT2D eigenvalue weighted by Crippen LogP contribution is -2.50. The molecule has 1 aliphatic rings. The highest BCUT2D eigenvalue weighted by molar-refractivity contribution is 5.68. The van der Waals surface area contributed by atoms with Gasteiger partial charge in [-0.15, -0.1) is 0 Å². The lowest BCUT2D eigenvalue weighted by atomic mass is 10.0. The van der Waals surface area contributed by atoms with E-state index in [4.69, 9.17) is 10.5 Å². The summed E-state index contributed by atoms with van der Waals surface area (Å²) < 4.78 is 5.47. The Morgan fingerprint density at radius 3 is 2.65 bits per heavy atom. The third kappa shape index (κ3) is 5.67. The summed E-state index contributed by atoms with van der Waals surface area (Å²) in [6.07, 6.45) is 3.39. The van der Waals surface area contributed by atoms with Crippen molar-refractivity contribution in [2.75, 3.05) is 32.7 Å². The monoisotopic (exact) mass is 285 g/mol. The van der Waals surface area contributed by atoms with E-state index in [2.05, 4.69) is 4.90 Å². The number of hydrogen-bond donors (Lipinski definition) is 1. The van der Waals surface area contributed by atoms with E-state index >= 15 is 0 Å². The third-order valence-corrected chi connectivity index (χ3v) is 3.63. The first-order chi connectivity index (χ1) is 9.37. The molecule has 0 spiro atoms. The molecule has 1 saturated heterocycles. The van der Waals surface area contributed by atoms with Crippen LogP contribution in [0.3, 0.4) is 0 Å². The first-order valence-electron chi connectivity index (χ1n) is 7.79. The van der Waals surface area contributed by atoms with Gasteiger partial charge in [0.1, 0.15) is 5.60 Å². The van der Waals surface area contributed by atoms with Crippen LogP contribution in [0, 0.1) is 0 Å². The van der Waals surface area contributed by atoms with E-state index < -0.39 is 5.60 Å². The molecular weight excluding hydrogens is 254 g/mol. The number of nitrogens with two attached hydrogens (primary N) is 1. The van der Waals surface area contributed by atoms with Crippen molar-refractivity contribution in [2.24, 2.45) is 5.73 Å². The molecule has 20 heavy (non-hydrogen) atoms. The Labute approximate surface area is 123 Å². The van der Waals surface area contributed by atoms with Crippen molar-refractivity contribution < 1.29 is 9.53 Å². The van der Waals surface area contributed by atoms with Crippen LogP contribution in [0.25, 0.3) is 0 Å². The summed E-state index contributed by atoms with van der Waals surface area (Å²) in [7, 11) is 0. The predicted molar refractivity (Wildman–Crippen MR) is 81.7 cm³/mol. The van der Waals surface area contributed by atoms with Gasteiger partial charge < -0.3 is 15.4 Å². The summed E-state index contributed by atoms with van der Waals surface area (Å²) in [5.41, 5.74) is 5.24. The van der Waals surface area contributed by atoms with Gasteiger partial charge in [0, 0.05) is 32.2 Å². The van der Waals surface area contributed by atoms with E-state index in [1.807, 2.05) is 32.6 Å². The maximum Gasteiger partial charge on any atom is 0.410 e. The number of rotatable bonds is 5. The molecule has 0 radical (unpaired) electrons. The topological polar surface area (TPSA) is 58.8 Å². The molecule has 1 rings (SSSR count). The van der Waals surface area contributed by atoms with Crippen LogP contribution in [0.4, 0.5) is 4.79 Å². The number of nitrogens with zero attached hydrogens (tertiary/aromatic N) is 2. The van der Waals surface area contributed by atoms with Gasteiger partial charge in [-0.3, -0.25) is 4.90 Å². The van der Waals surface area contributed by atoms with Crippen LogP contribution in [-0.4, -0.2) is 60.3 Å². The average molecular weight is 285 g/mol. The van der Waals surface area contributed by atoms with Crippen molar-refractivity contribution in [2.45, 2.75) is 58.6 Å². The maximum absolute atomic E-state index is 12.2. The van der Waals surface area contributed by atoms with Crippen molar-refractivity contribution in [3.63, 3.8) is 0 Å². The molecule has 1 unspecified atom stereocenters. The maximum atomic E-state index is 12.2. The van der Waals surface area contributed by atoms with Crippen LogP contribution < -0.4 is 5.73 Å². The quantitative estimate of drug-likeness (QED) is 0.840. The zero-order valence-electron chi connectivity index (χ0n) is 13.5. The lowest BCUT2D eigenvalue weighted by Gasteiger charge is -2.38. The molecule has 1 amide bonds. The number of carbonyl (C=O) groups is 1. The van der Waals surface area contributed by atoms with Gasteiger partial charge in [-0.2, -0.15) is 0 Å². The highest BCUT2D eigenvalue weighted by Gasteiger charge is 2.27. The van der Waals surface area contributed by atoms with E-state index in [-0.39, 0.29) is 6.09 Å². The molecule has 1 aliphatic heterocycles. The number of piperidine rings is 1. The van der Waals surface area contributed by atoms with Gasteiger partial charge >= 0.3 is 6.09 Å². The zero-order chi connectivity index (χ0) is 15.2. The van der Waals surface area contributed by atoms with Gasteiger partial charge in [-0.1, -0.05) is 6.42 Å². The molecule has 0 aliphatic carbocycles. The molecule has 1 fully saturated rings. The lowest BCUT2D eigenvalue weighted by molar-refractivity contribution is 0.0173. The molecule has 2 N–H and O–H groups in total. The normalized spacial score (nSPS) is 20.8. The van der Waals surface area contributed by atoms with Gasteiger partial charge in [0.2, 0.25) is 0 Å². The SMILES string of the molecule is CCN(CC1CCCCN1CCN)C(=O)OC(C)(C)C. The molecule has 5 heteroatoms. The van der Waals surface area contributed by atoms with Crippen molar-refractivity contribution in [1.29, 1.82) is 0 Å². The first-order valence-corrected chi connectivity index (χ1v) is 7.79. The van der Waals surface area contributed by atoms with Gasteiger partial charge in [-0.25, -0.2) is 4.79 Å². The summed E-state index contributed by atoms with van der Waals surface area (Å²) >= 11 is 0. The van der Waals surface area contributed by atoms with Gasteiger partial charge in [0.15, 0.2) is 0 Å². The molecule has 0 aromatic carbocycles. The second-order valence-corrected chi connectivity index (χ2v) is 6.49. The Hall–Kier alpha value is -0.810. The summed E-state index contributed by atoms with van der Waals surface area (Å²) in [4.78, 5) is 16.4. The third-order valence-electron chi connectivity index (χ3n) is 3.63. The van der Waals surface area contributed by atoms with Crippen LogP contribution in [-0.2, 0) is 4.74 Å². The molecule has 0 aromatic rings. The molecule has 5 nitrogen and oxygen atoms in total. The van der Waals surface area contributed by atoms with Crippen LogP contribution in [0.1, 0.15) is 47.0 Å². The van der Waals surface area contributed by atoms with Crippen LogP contribution in [0.5, 0.6) is 0 Å². The highest BCUT2D eigenvalue weighted by atomic mass is 16.6. The van der Waals surface area contributed by atoms with E-state index in [0.29, 0.717) is 19.1 Å². The summed E-state index contributed by atoms with van der Waals surface area (Å²) in [6, 6.07) is 0.416. The smallest absolute Gasteiger partial charge is 0.410 e. The molecule has 118 valence electrons. The number of ether oxygens (including phenoxy) is 1. The number of likely N-dealkylation sites (N-methyl/N-ethyl adjacent to an activating group) is 1. The Morgan fingerprint density at radius 2 is 2.10 bits per heavy atom. The second-order valence-electron chi connectivity index (χ2n) is 6.49. The van der Waals surface area contributed by atoms with Crippen LogP contribution in [0.2, 0.25) is 0 Å². The molecule has 0 aromatic heterocycles. The Bertz CT molecular complexity index is 300. The summed E-state index contributed by atoms with van der Waals surface area (Å²) in [5.74, 6) is 0. The predicted octanol–water partition coefficient (Wildman–Crippen LogP) is 2.06. The minimum atomic E-state index is -0.436. The molecule has 1 atom stereocenters. The molecule has 0 bridgehead atoms. The fourth-order valence-corrected chi connectivity index (χ4v) is 2.64. The van der Waals surface area contributed by atoms with Crippen molar-refractivity contribution >= 4 is 6.09 Å². The van der Waals surface area contributed by atoms with Gasteiger partial charge in [0.25, 0.3) is 0 Å². The Kier molecular flexibility index (Phi) is 6.76. The summed E-state index contributed by atoms with van der Waals surface area (Å²) in [5, 5.41) is 0. The van der Waals surface area contributed by atoms with E-state index in [0.717, 1.165) is 26.1 Å². The van der Waals surface area contributed by atoms with Crippen molar-refractivity contribution in [3.8, 4) is 0 Å². The number of amides is 1. The largest absolute Gasteiger partial charge is 0.444 e. The fraction of sp³-hybridized carbons (Fsp3) is 0.933. The van der Waals surface area contributed by atoms with E-state index in [9.17, 15) is 4.79 Å². The number of carbonyl (C=O) groups excluding carboxylic acids is 1. The fourth-order valence-electron chi connectivity index (χ4n) is 2.64. The Balaban J connectivity index is 2.59. The zero-order valence-corrected chi connectivity index (χ0v) is 13.5. The van der Waals surface area contributed by atoms with Crippen LogP contribution >= 0.6 is 0 Å². The number of hydrogen-bond acceptors (Lipinski definition) is 4. The number of likely N-dealkylation sites (tertiary alicyclic amines) is 1. The Morgan fingerprint density at radius 1 is 1.40 bits per heavy atom. The molecular formula is C15H31N3O2. The minimum Gasteiger partial charge on any atom is -0.444 e. The highest BCUT2D eigenvalue weighted by Crippen LogP contribution is 2.18. The van der Waals surface area contributed by atoms with Crippen molar-refractivity contribution in [1.82, 2.24) is 9.80 Å². The standard InChI is InChI=1S/C15H31N3O2/c1-5-17(14(19)20-15(2,3)4)12-13-8-6-7-10-18(13)11-9-16/h13H,5-12,16H2,1-4H3. The second kappa shape index (κ2) is 7.84. The first kappa shape index (κ1) is 17.2. The molecule has 0 saturated carbocycles. The van der Waals surface area contributed by atoms with E-state index in [1.54, 1.807) is 0 Å². The average Bonchev–Trinajstić information content (AvgIpc) is 2.35. The van der Waals surface area contributed by atoms with Gasteiger partial charge in [-0.05, 0) is 47.1 Å². The molecule has 1 heterocycles. The minimum absolute atomic E-state index is 0.210. The van der Waals surface area contributed by atoms with Crippen LogP contribution in [0.15, 0.2) is 0 Å². The van der Waals surface area contributed by atoms with E-state index in [1.165, 1.54) is 12.8 Å². The van der Waals surface area contributed by atoms with Gasteiger partial charge in [0.05, 0.1) is 0 Å².